The topological polar surface area (TPSA) is 66.5 Å². The van der Waals surface area contributed by atoms with Gasteiger partial charge in [-0.25, -0.2) is 0 Å². The molecule has 1 aliphatic rings. The molecule has 1 saturated carbocycles. The van der Waals surface area contributed by atoms with E-state index in [1.54, 1.807) is 0 Å². The molecule has 0 saturated heterocycles. The van der Waals surface area contributed by atoms with E-state index in [2.05, 4.69) is 24.3 Å². The lowest BCUT2D eigenvalue weighted by molar-refractivity contribution is 0.0744. The van der Waals surface area contributed by atoms with Gasteiger partial charge < -0.3 is 15.9 Å². The monoisotopic (exact) mass is 319 g/mol. The van der Waals surface area contributed by atoms with Crippen molar-refractivity contribution < 1.29 is 10.2 Å². The minimum absolute atomic E-state index is 0.305. The van der Waals surface area contributed by atoms with Gasteiger partial charge in [-0.15, -0.1) is 0 Å². The van der Waals surface area contributed by atoms with Crippen molar-refractivity contribution in [3.8, 4) is 0 Å². The van der Waals surface area contributed by atoms with Gasteiger partial charge in [-0.05, 0) is 74.5 Å². The number of unbranched alkanes of at least 4 members (excludes halogenated alkanes) is 3. The Morgan fingerprint density at radius 1 is 0.957 bits per heavy atom. The van der Waals surface area contributed by atoms with E-state index in [0.717, 1.165) is 57.1 Å². The molecule has 0 aromatic heterocycles. The second kappa shape index (κ2) is 10.1. The van der Waals surface area contributed by atoms with Gasteiger partial charge in [0.1, 0.15) is 0 Å². The Bertz CT molecular complexity index is 424. The summed E-state index contributed by atoms with van der Waals surface area (Å²) in [6, 6.07) is 8.53. The van der Waals surface area contributed by atoms with E-state index in [4.69, 9.17) is 10.8 Å². The van der Waals surface area contributed by atoms with Gasteiger partial charge >= 0.3 is 0 Å². The van der Waals surface area contributed by atoms with Crippen molar-refractivity contribution in [1.82, 2.24) is 0 Å². The summed E-state index contributed by atoms with van der Waals surface area (Å²) >= 11 is 0. The van der Waals surface area contributed by atoms with Gasteiger partial charge in [-0.3, -0.25) is 0 Å². The van der Waals surface area contributed by atoms with Gasteiger partial charge in [0.25, 0.3) is 0 Å². The average Bonchev–Trinajstić information content (AvgIpc) is 2.61. The average molecular weight is 319 g/mol. The lowest BCUT2D eigenvalue weighted by atomic mass is 9.78. The first-order valence-electron chi connectivity index (χ1n) is 9.32. The van der Waals surface area contributed by atoms with Gasteiger partial charge in [0.15, 0.2) is 0 Å². The van der Waals surface area contributed by atoms with Crippen LogP contribution >= 0.6 is 0 Å². The molecule has 1 unspecified atom stereocenters. The molecule has 0 amide bonds. The third-order valence-electron chi connectivity index (χ3n) is 5.37. The Morgan fingerprint density at radius 2 is 1.61 bits per heavy atom. The highest BCUT2D eigenvalue weighted by Crippen LogP contribution is 2.36. The second-order valence-electron chi connectivity index (χ2n) is 7.09. The molecule has 3 heteroatoms. The number of hydrogen-bond acceptors (Lipinski definition) is 3. The molecule has 23 heavy (non-hydrogen) atoms. The fourth-order valence-electron chi connectivity index (χ4n) is 3.69. The fraction of sp³-hybridized carbons (Fsp3) is 0.700. The van der Waals surface area contributed by atoms with Crippen LogP contribution < -0.4 is 5.73 Å². The van der Waals surface area contributed by atoms with Crippen molar-refractivity contribution >= 4 is 0 Å². The molecule has 2 rings (SSSR count). The predicted octanol–water partition coefficient (Wildman–Crippen LogP) is 3.58. The third kappa shape index (κ3) is 5.91. The fourth-order valence-corrected chi connectivity index (χ4v) is 3.69. The predicted molar refractivity (Wildman–Crippen MR) is 95.2 cm³/mol. The summed E-state index contributed by atoms with van der Waals surface area (Å²) in [5.41, 5.74) is 8.15. The summed E-state index contributed by atoms with van der Waals surface area (Å²) in [7, 11) is 0. The third-order valence-corrected chi connectivity index (χ3v) is 5.37. The van der Waals surface area contributed by atoms with E-state index < -0.39 is 0 Å². The zero-order valence-corrected chi connectivity index (χ0v) is 14.3. The molecule has 1 aliphatic carbocycles. The van der Waals surface area contributed by atoms with Crippen LogP contribution in [0.2, 0.25) is 0 Å². The Morgan fingerprint density at radius 3 is 2.22 bits per heavy atom. The normalized spacial score (nSPS) is 22.9. The Labute approximate surface area is 140 Å². The van der Waals surface area contributed by atoms with Gasteiger partial charge in [0.2, 0.25) is 0 Å². The zero-order valence-electron chi connectivity index (χ0n) is 14.3. The molecular formula is C20H33NO2. The van der Waals surface area contributed by atoms with Crippen LogP contribution in [-0.4, -0.2) is 23.4 Å². The number of aliphatic hydroxyl groups is 2. The smallest absolute Gasteiger partial charge is 0.0818 e. The first-order valence-corrected chi connectivity index (χ1v) is 9.32. The summed E-state index contributed by atoms with van der Waals surface area (Å²) in [5.74, 6) is 1.05. The summed E-state index contributed by atoms with van der Waals surface area (Å²) in [4.78, 5) is 0. The molecular weight excluding hydrogens is 286 g/mol. The highest BCUT2D eigenvalue weighted by atomic mass is 16.3. The summed E-state index contributed by atoms with van der Waals surface area (Å²) < 4.78 is 0. The number of aryl methyl sites for hydroxylation is 1. The quantitative estimate of drug-likeness (QED) is 0.609. The van der Waals surface area contributed by atoms with E-state index in [0.29, 0.717) is 18.4 Å². The molecule has 130 valence electrons. The van der Waals surface area contributed by atoms with Crippen LogP contribution in [0.5, 0.6) is 0 Å². The van der Waals surface area contributed by atoms with E-state index in [9.17, 15) is 5.11 Å². The van der Waals surface area contributed by atoms with Crippen LogP contribution in [0, 0.1) is 11.8 Å². The number of hydrogen-bond donors (Lipinski definition) is 3. The van der Waals surface area contributed by atoms with E-state index in [-0.39, 0.29) is 6.10 Å². The molecule has 0 bridgehead atoms. The van der Waals surface area contributed by atoms with Gasteiger partial charge in [-0.2, -0.15) is 0 Å². The van der Waals surface area contributed by atoms with Crippen molar-refractivity contribution in [2.75, 3.05) is 13.2 Å². The maximum absolute atomic E-state index is 10.6. The maximum Gasteiger partial charge on any atom is 0.0818 e. The van der Waals surface area contributed by atoms with Crippen molar-refractivity contribution in [3.63, 3.8) is 0 Å². The lowest BCUT2D eigenvalue weighted by Gasteiger charge is -2.31. The van der Waals surface area contributed by atoms with Crippen molar-refractivity contribution in [1.29, 1.82) is 0 Å². The van der Waals surface area contributed by atoms with E-state index in [1.807, 2.05) is 0 Å². The van der Waals surface area contributed by atoms with Gasteiger partial charge in [-0.1, -0.05) is 37.1 Å². The number of nitrogens with two attached hydrogens (primary N) is 1. The van der Waals surface area contributed by atoms with Gasteiger partial charge in [0, 0.05) is 6.61 Å². The molecule has 0 heterocycles. The Kier molecular flexibility index (Phi) is 8.07. The SMILES string of the molecule is NCC1CCC(C(O)c2ccc(CCCCCCO)cc2)CC1. The zero-order chi connectivity index (χ0) is 16.5. The molecule has 0 radical (unpaired) electrons. The van der Waals surface area contributed by atoms with Crippen LogP contribution in [-0.2, 0) is 6.42 Å². The Hall–Kier alpha value is -0.900. The molecule has 1 aromatic rings. The molecule has 0 aliphatic heterocycles. The van der Waals surface area contributed by atoms with Crippen LogP contribution in [0.15, 0.2) is 24.3 Å². The second-order valence-corrected chi connectivity index (χ2v) is 7.09. The van der Waals surface area contributed by atoms with Crippen molar-refractivity contribution in [3.05, 3.63) is 35.4 Å². The molecule has 4 N–H and O–H groups in total. The van der Waals surface area contributed by atoms with E-state index >= 15 is 0 Å². The summed E-state index contributed by atoms with van der Waals surface area (Å²) in [6.45, 7) is 1.09. The largest absolute Gasteiger partial charge is 0.396 e. The standard InChI is InChI=1S/C20H33NO2/c21-15-17-8-12-19(13-9-17)20(23)18-10-6-16(7-11-18)5-3-1-2-4-14-22/h6-7,10-11,17,19-20,22-23H,1-5,8-9,12-15,21H2. The number of aliphatic hydroxyl groups excluding tert-OH is 2. The lowest BCUT2D eigenvalue weighted by Crippen LogP contribution is -2.24. The van der Waals surface area contributed by atoms with Crippen LogP contribution in [0.1, 0.15) is 68.6 Å². The van der Waals surface area contributed by atoms with Crippen molar-refractivity contribution in [2.24, 2.45) is 17.6 Å². The Balaban J connectivity index is 1.77. The molecule has 0 spiro atoms. The molecule has 1 atom stereocenters. The highest BCUT2D eigenvalue weighted by Gasteiger charge is 2.26. The first kappa shape index (κ1) is 18.4. The van der Waals surface area contributed by atoms with Crippen LogP contribution in [0.3, 0.4) is 0 Å². The van der Waals surface area contributed by atoms with Crippen LogP contribution in [0.25, 0.3) is 0 Å². The molecule has 1 aromatic carbocycles. The minimum atomic E-state index is -0.327. The van der Waals surface area contributed by atoms with Gasteiger partial charge in [0.05, 0.1) is 6.10 Å². The van der Waals surface area contributed by atoms with E-state index in [1.165, 1.54) is 18.4 Å². The van der Waals surface area contributed by atoms with Crippen LogP contribution in [0.4, 0.5) is 0 Å². The summed E-state index contributed by atoms with van der Waals surface area (Å²) in [5, 5.41) is 19.4. The number of benzene rings is 1. The van der Waals surface area contributed by atoms with Crippen molar-refractivity contribution in [2.45, 2.75) is 63.9 Å². The minimum Gasteiger partial charge on any atom is -0.396 e. The number of rotatable bonds is 9. The molecule has 1 fully saturated rings. The maximum atomic E-state index is 10.6. The summed E-state index contributed by atoms with van der Waals surface area (Å²) in [6.07, 6.45) is 9.63. The first-order chi connectivity index (χ1) is 11.2. The highest BCUT2D eigenvalue weighted by molar-refractivity contribution is 5.24. The molecule has 3 nitrogen and oxygen atoms in total.